The van der Waals surface area contributed by atoms with E-state index in [1.165, 1.54) is 24.3 Å². The van der Waals surface area contributed by atoms with Crippen molar-refractivity contribution in [1.82, 2.24) is 5.43 Å². The van der Waals surface area contributed by atoms with E-state index in [0.29, 0.717) is 11.3 Å². The number of amides is 1. The third-order valence-corrected chi connectivity index (χ3v) is 3.44. The molecule has 2 rings (SSSR count). The lowest BCUT2D eigenvalue weighted by atomic mass is 10.1. The summed E-state index contributed by atoms with van der Waals surface area (Å²) < 4.78 is 0. The second-order valence-corrected chi connectivity index (χ2v) is 5.29. The molecule has 0 saturated heterocycles. The number of nitrogens with zero attached hydrogens (tertiary/aromatic N) is 1. The first-order chi connectivity index (χ1) is 10.4. The van der Waals surface area contributed by atoms with E-state index in [9.17, 15) is 15.0 Å². The molecule has 0 aliphatic heterocycles. The summed E-state index contributed by atoms with van der Waals surface area (Å²) in [6.07, 6.45) is 0. The van der Waals surface area contributed by atoms with E-state index in [1.54, 1.807) is 19.1 Å². The highest BCUT2D eigenvalue weighted by Gasteiger charge is 2.12. The van der Waals surface area contributed by atoms with E-state index in [2.05, 4.69) is 10.5 Å². The molecule has 0 fully saturated rings. The van der Waals surface area contributed by atoms with Gasteiger partial charge in [-0.2, -0.15) is 5.10 Å². The van der Waals surface area contributed by atoms with E-state index >= 15 is 0 Å². The zero-order valence-electron chi connectivity index (χ0n) is 11.5. The third-order valence-electron chi connectivity index (χ3n) is 2.87. The number of nitrogens with one attached hydrogen (secondary N) is 1. The van der Waals surface area contributed by atoms with Crippen LogP contribution in [0.4, 0.5) is 0 Å². The average molecular weight is 339 g/mol. The van der Waals surface area contributed by atoms with Crippen molar-refractivity contribution in [3.63, 3.8) is 0 Å². The van der Waals surface area contributed by atoms with Crippen LogP contribution in [-0.2, 0) is 0 Å². The van der Waals surface area contributed by atoms with Crippen LogP contribution in [0.3, 0.4) is 0 Å². The van der Waals surface area contributed by atoms with Gasteiger partial charge >= 0.3 is 0 Å². The molecule has 0 spiro atoms. The van der Waals surface area contributed by atoms with Crippen LogP contribution in [0, 0.1) is 0 Å². The molecule has 5 nitrogen and oxygen atoms in total. The summed E-state index contributed by atoms with van der Waals surface area (Å²) in [5.74, 6) is -0.696. The number of hydrogen-bond acceptors (Lipinski definition) is 4. The molecule has 0 aromatic heterocycles. The summed E-state index contributed by atoms with van der Waals surface area (Å²) in [5, 5.41) is 22.8. The molecule has 22 heavy (non-hydrogen) atoms. The summed E-state index contributed by atoms with van der Waals surface area (Å²) in [6.45, 7) is 1.69. The Balaban J connectivity index is 2.17. The first-order valence-corrected chi connectivity index (χ1v) is 6.96. The van der Waals surface area contributed by atoms with Crippen LogP contribution >= 0.6 is 23.2 Å². The average Bonchev–Trinajstić information content (AvgIpc) is 2.49. The Hall–Kier alpha value is -2.24. The largest absolute Gasteiger partial charge is 0.508 e. The Bertz CT molecular complexity index is 737. The van der Waals surface area contributed by atoms with Crippen molar-refractivity contribution < 1.29 is 15.0 Å². The molecule has 0 radical (unpaired) electrons. The van der Waals surface area contributed by atoms with Crippen molar-refractivity contribution in [3.05, 3.63) is 57.6 Å². The van der Waals surface area contributed by atoms with E-state index in [-0.39, 0.29) is 27.1 Å². The Morgan fingerprint density at radius 1 is 1.09 bits per heavy atom. The molecule has 0 aliphatic rings. The quantitative estimate of drug-likeness (QED) is 0.591. The molecule has 1 amide bonds. The Kier molecular flexibility index (Phi) is 4.90. The van der Waals surface area contributed by atoms with Crippen LogP contribution in [0.1, 0.15) is 22.8 Å². The van der Waals surface area contributed by atoms with Crippen LogP contribution < -0.4 is 5.43 Å². The fraction of sp³-hybridized carbons (Fsp3) is 0.0667. The van der Waals surface area contributed by atoms with Gasteiger partial charge in [-0.1, -0.05) is 35.3 Å². The summed E-state index contributed by atoms with van der Waals surface area (Å²) in [7, 11) is 0. The van der Waals surface area contributed by atoms with Crippen LogP contribution in [0.5, 0.6) is 11.5 Å². The molecule has 0 atom stereocenters. The number of phenols is 2. The van der Waals surface area contributed by atoms with Gasteiger partial charge in [0, 0.05) is 11.1 Å². The van der Waals surface area contributed by atoms with Crippen LogP contribution in [0.25, 0.3) is 0 Å². The molecular weight excluding hydrogens is 327 g/mol. The summed E-state index contributed by atoms with van der Waals surface area (Å²) >= 11 is 11.5. The van der Waals surface area contributed by atoms with Gasteiger partial charge in [0.2, 0.25) is 0 Å². The smallest absolute Gasteiger partial charge is 0.271 e. The number of phenolic OH excluding ortho intramolecular Hbond substituents is 2. The number of halogens is 2. The van der Waals surface area contributed by atoms with E-state index in [4.69, 9.17) is 23.2 Å². The summed E-state index contributed by atoms with van der Waals surface area (Å²) in [4.78, 5) is 12.0. The summed E-state index contributed by atoms with van der Waals surface area (Å²) in [6, 6.07) is 9.06. The van der Waals surface area contributed by atoms with Gasteiger partial charge < -0.3 is 10.2 Å². The number of rotatable bonds is 3. The minimum Gasteiger partial charge on any atom is -0.508 e. The number of carbonyl (C=O) groups excluding carboxylic acids is 1. The highest BCUT2D eigenvalue weighted by atomic mass is 35.5. The van der Waals surface area contributed by atoms with Gasteiger partial charge in [-0.05, 0) is 31.2 Å². The normalized spacial score (nSPS) is 11.3. The van der Waals surface area contributed by atoms with E-state index in [1.807, 2.05) is 0 Å². The number of aromatic hydroxyl groups is 2. The van der Waals surface area contributed by atoms with Crippen LogP contribution in [0.2, 0.25) is 10.0 Å². The predicted molar refractivity (Wildman–Crippen MR) is 85.9 cm³/mol. The molecule has 3 N–H and O–H groups in total. The van der Waals surface area contributed by atoms with Crippen molar-refractivity contribution in [1.29, 1.82) is 0 Å². The zero-order chi connectivity index (χ0) is 16.3. The Labute approximate surface area is 136 Å². The van der Waals surface area contributed by atoms with E-state index in [0.717, 1.165) is 0 Å². The molecule has 0 saturated carbocycles. The van der Waals surface area contributed by atoms with Crippen molar-refractivity contribution in [2.24, 2.45) is 5.10 Å². The highest BCUT2D eigenvalue weighted by Crippen LogP contribution is 2.32. The lowest BCUT2D eigenvalue weighted by molar-refractivity contribution is 0.0955. The predicted octanol–water partition coefficient (Wildman–Crippen LogP) is 3.56. The second kappa shape index (κ2) is 6.68. The van der Waals surface area contributed by atoms with Crippen molar-refractivity contribution >= 4 is 34.8 Å². The van der Waals surface area contributed by atoms with Crippen LogP contribution in [0.15, 0.2) is 41.5 Å². The number of carbonyl (C=O) groups is 1. The topological polar surface area (TPSA) is 81.9 Å². The van der Waals surface area contributed by atoms with Gasteiger partial charge in [0.25, 0.3) is 5.91 Å². The lowest BCUT2D eigenvalue weighted by Crippen LogP contribution is -2.19. The maximum Gasteiger partial charge on any atom is 0.271 e. The van der Waals surface area contributed by atoms with Crippen molar-refractivity contribution in [2.75, 3.05) is 0 Å². The number of benzene rings is 2. The van der Waals surface area contributed by atoms with E-state index < -0.39 is 5.91 Å². The Morgan fingerprint density at radius 2 is 1.73 bits per heavy atom. The maximum absolute atomic E-state index is 12.0. The number of hydrogen-bond donors (Lipinski definition) is 3. The molecule has 0 unspecified atom stereocenters. The summed E-state index contributed by atoms with van der Waals surface area (Å²) in [5.41, 5.74) is 3.71. The van der Waals surface area contributed by atoms with Gasteiger partial charge in [-0.25, -0.2) is 5.43 Å². The molecule has 0 bridgehead atoms. The first-order valence-electron chi connectivity index (χ1n) is 6.20. The van der Waals surface area contributed by atoms with Gasteiger partial charge in [0.15, 0.2) is 5.75 Å². The van der Waals surface area contributed by atoms with Crippen molar-refractivity contribution in [2.45, 2.75) is 6.92 Å². The molecule has 0 heterocycles. The van der Waals surface area contributed by atoms with Crippen LogP contribution in [-0.4, -0.2) is 21.8 Å². The molecule has 7 heteroatoms. The SMILES string of the molecule is C/C(=N\NC(=O)c1cc(Cl)c(O)c(Cl)c1)c1cccc(O)c1. The fourth-order valence-electron chi connectivity index (χ4n) is 1.69. The number of hydrazone groups is 1. The Morgan fingerprint density at radius 3 is 2.32 bits per heavy atom. The molecule has 2 aromatic carbocycles. The van der Waals surface area contributed by atoms with Crippen molar-refractivity contribution in [3.8, 4) is 11.5 Å². The monoisotopic (exact) mass is 338 g/mol. The van der Waals surface area contributed by atoms with Gasteiger partial charge in [-0.3, -0.25) is 4.79 Å². The maximum atomic E-state index is 12.0. The molecular formula is C15H12Cl2N2O3. The van der Waals surface area contributed by atoms with Gasteiger partial charge in [0.05, 0.1) is 15.8 Å². The fourth-order valence-corrected chi connectivity index (χ4v) is 2.18. The second-order valence-electron chi connectivity index (χ2n) is 4.48. The lowest BCUT2D eigenvalue weighted by Gasteiger charge is -2.06. The minimum absolute atomic E-state index is 0.0219. The standard InChI is InChI=1S/C15H12Cl2N2O3/c1-8(9-3-2-4-11(20)5-9)18-19-15(22)10-6-12(16)14(21)13(17)7-10/h2-7,20-21H,1H3,(H,19,22)/b18-8+. The molecule has 0 aliphatic carbocycles. The molecule has 2 aromatic rings. The highest BCUT2D eigenvalue weighted by molar-refractivity contribution is 6.37. The molecule has 114 valence electrons. The first kappa shape index (κ1) is 16.1. The zero-order valence-corrected chi connectivity index (χ0v) is 13.0. The minimum atomic E-state index is -0.525. The van der Waals surface area contributed by atoms with Gasteiger partial charge in [-0.15, -0.1) is 0 Å². The van der Waals surface area contributed by atoms with Gasteiger partial charge in [0.1, 0.15) is 5.75 Å². The third kappa shape index (κ3) is 3.69.